The van der Waals surface area contributed by atoms with E-state index in [0.717, 1.165) is 36.1 Å². The van der Waals surface area contributed by atoms with Gasteiger partial charge in [0.15, 0.2) is 0 Å². The van der Waals surface area contributed by atoms with Gasteiger partial charge in [0.05, 0.1) is 0 Å². The van der Waals surface area contributed by atoms with Gasteiger partial charge in [-0.1, -0.05) is 6.58 Å². The Morgan fingerprint density at radius 3 is 2.18 bits per heavy atom. The van der Waals surface area contributed by atoms with E-state index in [1.165, 1.54) is 32.1 Å². The van der Waals surface area contributed by atoms with Gasteiger partial charge in [-0.3, -0.25) is 0 Å². The maximum Gasteiger partial charge on any atom is 0.116 e. The number of nitrogens with zero attached hydrogens (tertiary/aromatic N) is 2. The quantitative estimate of drug-likeness (QED) is 0.697. The third-order valence-corrected chi connectivity index (χ3v) is 5.50. The van der Waals surface area contributed by atoms with Crippen LogP contribution in [0.25, 0.3) is 0 Å². The molecular weight excluding hydrogens is 208 g/mol. The molecule has 2 nitrogen and oxygen atoms in total. The minimum absolute atomic E-state index is 0.624. The molecule has 0 unspecified atom stereocenters. The molecule has 0 aromatic rings. The molecule has 0 spiro atoms. The van der Waals surface area contributed by atoms with Crippen LogP contribution in [0.15, 0.2) is 12.3 Å². The molecule has 4 aliphatic carbocycles. The summed E-state index contributed by atoms with van der Waals surface area (Å²) in [6.07, 6.45) is 7.37. The van der Waals surface area contributed by atoms with E-state index in [4.69, 9.17) is 5.26 Å². The fourth-order valence-corrected chi connectivity index (χ4v) is 4.85. The fraction of sp³-hybridized carbons (Fsp3) is 0.800. The average Bonchev–Trinajstić information content (AvgIpc) is 2.31. The Morgan fingerprint density at radius 1 is 1.18 bits per heavy atom. The van der Waals surface area contributed by atoms with Gasteiger partial charge in [-0.25, -0.2) is 0 Å². The predicted octanol–water partition coefficient (Wildman–Crippen LogP) is 3.03. The fourth-order valence-electron chi connectivity index (χ4n) is 4.85. The molecule has 0 atom stereocenters. The van der Waals surface area contributed by atoms with Crippen LogP contribution in [-0.4, -0.2) is 18.5 Å². The largest absolute Gasteiger partial charge is 0.366 e. The molecule has 0 aliphatic heterocycles. The first-order valence-corrected chi connectivity index (χ1v) is 6.97. The summed E-state index contributed by atoms with van der Waals surface area (Å²) in [5.41, 5.74) is 0.624. The standard InChI is InChI=1S/C15H22N2/c1-10(8-16)17(2)9-15-13-4-11-3-12(6-13)7-14(15)5-11/h11-15H,1,3-7,9H2,2H3. The molecule has 0 N–H and O–H groups in total. The topological polar surface area (TPSA) is 27.0 Å². The third-order valence-electron chi connectivity index (χ3n) is 5.50. The zero-order valence-electron chi connectivity index (χ0n) is 10.7. The van der Waals surface area contributed by atoms with E-state index in [1.54, 1.807) is 0 Å². The lowest BCUT2D eigenvalue weighted by molar-refractivity contribution is -0.0435. The monoisotopic (exact) mass is 230 g/mol. The van der Waals surface area contributed by atoms with Crippen molar-refractivity contribution in [3.8, 4) is 6.07 Å². The second-order valence-electron chi connectivity index (χ2n) is 6.53. The molecule has 0 amide bonds. The van der Waals surface area contributed by atoms with Crippen molar-refractivity contribution in [3.63, 3.8) is 0 Å². The number of allylic oxidation sites excluding steroid dienone is 1. The molecule has 4 aliphatic rings. The number of rotatable bonds is 3. The molecule has 17 heavy (non-hydrogen) atoms. The van der Waals surface area contributed by atoms with Crippen LogP contribution in [0.4, 0.5) is 0 Å². The Morgan fingerprint density at radius 2 is 1.71 bits per heavy atom. The van der Waals surface area contributed by atoms with Gasteiger partial charge in [-0.15, -0.1) is 0 Å². The summed E-state index contributed by atoms with van der Waals surface area (Å²) < 4.78 is 0. The molecule has 0 radical (unpaired) electrons. The first-order chi connectivity index (χ1) is 8.17. The summed E-state index contributed by atoms with van der Waals surface area (Å²) in [4.78, 5) is 2.08. The van der Waals surface area contributed by atoms with Crippen molar-refractivity contribution in [2.24, 2.45) is 29.6 Å². The maximum atomic E-state index is 8.90. The van der Waals surface area contributed by atoms with Crippen LogP contribution in [0, 0.1) is 40.9 Å². The number of hydrogen-bond donors (Lipinski definition) is 0. The highest BCUT2D eigenvalue weighted by atomic mass is 15.1. The first kappa shape index (κ1) is 11.1. The van der Waals surface area contributed by atoms with Crippen LogP contribution in [0.1, 0.15) is 32.1 Å². The first-order valence-electron chi connectivity index (χ1n) is 6.97. The molecule has 92 valence electrons. The van der Waals surface area contributed by atoms with Gasteiger partial charge >= 0.3 is 0 Å². The van der Waals surface area contributed by atoms with Crippen molar-refractivity contribution in [2.45, 2.75) is 32.1 Å². The molecule has 4 saturated carbocycles. The normalized spacial score (nSPS) is 42.2. The van der Waals surface area contributed by atoms with Gasteiger partial charge in [-0.2, -0.15) is 5.26 Å². The molecule has 0 saturated heterocycles. The van der Waals surface area contributed by atoms with Crippen molar-refractivity contribution in [1.82, 2.24) is 4.90 Å². The van der Waals surface area contributed by atoms with Gasteiger partial charge in [0, 0.05) is 13.6 Å². The van der Waals surface area contributed by atoms with Crippen LogP contribution in [0.3, 0.4) is 0 Å². The molecule has 4 bridgehead atoms. The van der Waals surface area contributed by atoms with E-state index < -0.39 is 0 Å². The lowest BCUT2D eigenvalue weighted by Crippen LogP contribution is -2.48. The van der Waals surface area contributed by atoms with Crippen LogP contribution < -0.4 is 0 Å². The van der Waals surface area contributed by atoms with Gasteiger partial charge in [-0.05, 0) is 61.7 Å². The predicted molar refractivity (Wildman–Crippen MR) is 67.9 cm³/mol. The molecule has 4 rings (SSSR count). The van der Waals surface area contributed by atoms with Gasteiger partial charge in [0.25, 0.3) is 0 Å². The molecule has 2 heteroatoms. The third kappa shape index (κ3) is 1.86. The van der Waals surface area contributed by atoms with Crippen molar-refractivity contribution < 1.29 is 0 Å². The van der Waals surface area contributed by atoms with Crippen molar-refractivity contribution in [3.05, 3.63) is 12.3 Å². The Labute approximate surface area is 104 Å². The Bertz CT molecular complexity index is 338. The number of hydrogen-bond acceptors (Lipinski definition) is 2. The van der Waals surface area contributed by atoms with Crippen LogP contribution in [0.5, 0.6) is 0 Å². The zero-order chi connectivity index (χ0) is 12.0. The van der Waals surface area contributed by atoms with Crippen LogP contribution in [0.2, 0.25) is 0 Å². The zero-order valence-corrected chi connectivity index (χ0v) is 10.7. The average molecular weight is 230 g/mol. The van der Waals surface area contributed by atoms with E-state index in [0.29, 0.717) is 5.70 Å². The molecule has 4 fully saturated rings. The summed E-state index contributed by atoms with van der Waals surface area (Å²) in [6, 6.07) is 2.17. The summed E-state index contributed by atoms with van der Waals surface area (Å²) in [5, 5.41) is 8.90. The minimum Gasteiger partial charge on any atom is -0.366 e. The summed E-state index contributed by atoms with van der Waals surface area (Å²) in [5.74, 6) is 4.80. The lowest BCUT2D eigenvalue weighted by Gasteiger charge is -2.55. The smallest absolute Gasteiger partial charge is 0.116 e. The van der Waals surface area contributed by atoms with E-state index in [2.05, 4.69) is 17.5 Å². The van der Waals surface area contributed by atoms with Gasteiger partial charge in [0.2, 0.25) is 0 Å². The lowest BCUT2D eigenvalue weighted by atomic mass is 9.52. The van der Waals surface area contributed by atoms with Crippen molar-refractivity contribution in [2.75, 3.05) is 13.6 Å². The minimum atomic E-state index is 0.624. The van der Waals surface area contributed by atoms with Gasteiger partial charge < -0.3 is 4.90 Å². The Kier molecular flexibility index (Phi) is 2.65. The van der Waals surface area contributed by atoms with Crippen molar-refractivity contribution >= 4 is 0 Å². The SMILES string of the molecule is C=C(C#N)N(C)CC1C2CC3CC(C2)CC1C3. The van der Waals surface area contributed by atoms with Crippen LogP contribution >= 0.6 is 0 Å². The second kappa shape index (κ2) is 4.05. The van der Waals surface area contributed by atoms with Gasteiger partial charge in [0.1, 0.15) is 11.8 Å². The Balaban J connectivity index is 1.68. The molecule has 0 aromatic heterocycles. The van der Waals surface area contributed by atoms with E-state index in [9.17, 15) is 0 Å². The maximum absolute atomic E-state index is 8.90. The van der Waals surface area contributed by atoms with E-state index in [-0.39, 0.29) is 0 Å². The van der Waals surface area contributed by atoms with E-state index in [1.807, 2.05) is 7.05 Å². The van der Waals surface area contributed by atoms with E-state index >= 15 is 0 Å². The highest BCUT2D eigenvalue weighted by Gasteiger charge is 2.48. The Hall–Kier alpha value is -0.970. The van der Waals surface area contributed by atoms with Crippen LogP contribution in [-0.2, 0) is 0 Å². The van der Waals surface area contributed by atoms with Crippen molar-refractivity contribution in [1.29, 1.82) is 5.26 Å². The summed E-state index contributed by atoms with van der Waals surface area (Å²) in [6.45, 7) is 4.88. The summed E-state index contributed by atoms with van der Waals surface area (Å²) >= 11 is 0. The molecule has 0 heterocycles. The molecular formula is C15H22N2. The highest BCUT2D eigenvalue weighted by molar-refractivity contribution is 5.14. The number of nitriles is 1. The highest BCUT2D eigenvalue weighted by Crippen LogP contribution is 2.56. The molecule has 0 aromatic carbocycles. The second-order valence-corrected chi connectivity index (χ2v) is 6.53. The summed E-state index contributed by atoms with van der Waals surface area (Å²) in [7, 11) is 2.02.